The molecule has 40 heavy (non-hydrogen) atoms. The summed E-state index contributed by atoms with van der Waals surface area (Å²) in [5, 5.41) is 2.18. The standard InChI is InChI=1S/C37H23F2N/c38-25-19-20-28(31(39)22-25)35-34-27-16-8-7-13-24(27)21-30(34)33(23-11-3-1-4-12-23)36-29-17-9-10-18-32(29)40(37(35)36)26-14-5-2-6-15-26/h1-20,22H,21H2. The summed E-state index contributed by atoms with van der Waals surface area (Å²) in [6.07, 6.45) is 0.742. The monoisotopic (exact) mass is 519 g/mol. The molecule has 0 saturated carbocycles. The molecule has 1 aliphatic carbocycles. The molecule has 8 rings (SSSR count). The van der Waals surface area contributed by atoms with Crippen LogP contribution in [0, 0.1) is 11.6 Å². The molecule has 0 radical (unpaired) electrons. The number of rotatable bonds is 3. The Hall–Kier alpha value is -5.02. The van der Waals surface area contributed by atoms with Gasteiger partial charge in [0.05, 0.1) is 11.0 Å². The Bertz CT molecular complexity index is 2090. The molecule has 1 aromatic heterocycles. The lowest BCUT2D eigenvalue weighted by Crippen LogP contribution is -2.00. The second-order valence-electron chi connectivity index (χ2n) is 10.3. The van der Waals surface area contributed by atoms with Crippen LogP contribution >= 0.6 is 0 Å². The van der Waals surface area contributed by atoms with Gasteiger partial charge in [0, 0.05) is 33.7 Å². The average molecular weight is 520 g/mol. The zero-order chi connectivity index (χ0) is 26.8. The van der Waals surface area contributed by atoms with Crippen molar-refractivity contribution >= 4 is 21.8 Å². The minimum Gasteiger partial charge on any atom is -0.309 e. The van der Waals surface area contributed by atoms with Crippen LogP contribution in [-0.2, 0) is 6.42 Å². The van der Waals surface area contributed by atoms with Gasteiger partial charge >= 0.3 is 0 Å². The van der Waals surface area contributed by atoms with Gasteiger partial charge in [0.1, 0.15) is 11.6 Å². The molecular formula is C37H23F2N. The van der Waals surface area contributed by atoms with Gasteiger partial charge in [0.15, 0.2) is 0 Å². The zero-order valence-electron chi connectivity index (χ0n) is 21.5. The second kappa shape index (κ2) is 8.75. The number of aromatic nitrogens is 1. The number of hydrogen-bond donors (Lipinski definition) is 0. The summed E-state index contributed by atoms with van der Waals surface area (Å²) in [5.74, 6) is -1.15. The quantitative estimate of drug-likeness (QED) is 0.219. The number of halogens is 2. The van der Waals surface area contributed by atoms with Gasteiger partial charge in [0.25, 0.3) is 0 Å². The molecule has 0 spiro atoms. The first-order valence-electron chi connectivity index (χ1n) is 13.5. The van der Waals surface area contributed by atoms with Crippen molar-refractivity contribution in [2.75, 3.05) is 0 Å². The van der Waals surface area contributed by atoms with E-state index in [1.54, 1.807) is 6.07 Å². The fourth-order valence-corrected chi connectivity index (χ4v) is 6.58. The summed E-state index contributed by atoms with van der Waals surface area (Å²) >= 11 is 0. The molecule has 0 aliphatic heterocycles. The lowest BCUT2D eigenvalue weighted by molar-refractivity contribution is 0.585. The fraction of sp³-hybridized carbons (Fsp3) is 0.0270. The number of para-hydroxylation sites is 2. The predicted octanol–water partition coefficient (Wildman–Crippen LogP) is 9.97. The van der Waals surface area contributed by atoms with Crippen LogP contribution in [0.2, 0.25) is 0 Å². The Morgan fingerprint density at radius 2 is 1.27 bits per heavy atom. The van der Waals surface area contributed by atoms with Crippen LogP contribution in [0.5, 0.6) is 0 Å². The highest BCUT2D eigenvalue weighted by Gasteiger charge is 2.32. The van der Waals surface area contributed by atoms with E-state index in [9.17, 15) is 4.39 Å². The van der Waals surface area contributed by atoms with Crippen LogP contribution in [-0.4, -0.2) is 4.57 Å². The summed E-state index contributed by atoms with van der Waals surface area (Å²) < 4.78 is 32.4. The maximum atomic E-state index is 15.9. The highest BCUT2D eigenvalue weighted by atomic mass is 19.1. The normalized spacial score (nSPS) is 12.2. The Balaban J connectivity index is 1.70. The molecule has 0 bridgehead atoms. The molecule has 6 aromatic carbocycles. The van der Waals surface area contributed by atoms with Crippen molar-refractivity contribution in [1.29, 1.82) is 0 Å². The Labute approximate surface area is 230 Å². The summed E-state index contributed by atoms with van der Waals surface area (Å²) in [4.78, 5) is 0. The second-order valence-corrected chi connectivity index (χ2v) is 10.3. The third-order valence-electron chi connectivity index (χ3n) is 8.15. The smallest absolute Gasteiger partial charge is 0.134 e. The summed E-state index contributed by atoms with van der Waals surface area (Å²) in [7, 11) is 0. The van der Waals surface area contributed by atoms with Crippen molar-refractivity contribution in [2.45, 2.75) is 6.42 Å². The largest absolute Gasteiger partial charge is 0.309 e. The maximum absolute atomic E-state index is 15.9. The van der Waals surface area contributed by atoms with Gasteiger partial charge in [-0.2, -0.15) is 0 Å². The number of hydrogen-bond acceptors (Lipinski definition) is 0. The van der Waals surface area contributed by atoms with E-state index in [-0.39, 0.29) is 0 Å². The van der Waals surface area contributed by atoms with Crippen LogP contribution in [0.25, 0.3) is 60.9 Å². The average Bonchev–Trinajstić information content (AvgIpc) is 3.54. The number of fused-ring (bicyclic) bond motifs is 6. The summed E-state index contributed by atoms with van der Waals surface area (Å²) in [6.45, 7) is 0. The molecule has 0 fully saturated rings. The van der Waals surface area contributed by atoms with E-state index < -0.39 is 11.6 Å². The predicted molar refractivity (Wildman–Crippen MR) is 160 cm³/mol. The molecule has 0 N–H and O–H groups in total. The molecule has 3 heteroatoms. The van der Waals surface area contributed by atoms with E-state index in [0.29, 0.717) is 5.56 Å². The van der Waals surface area contributed by atoms with Gasteiger partial charge in [-0.3, -0.25) is 0 Å². The maximum Gasteiger partial charge on any atom is 0.134 e. The van der Waals surface area contributed by atoms with Crippen molar-refractivity contribution in [3.8, 4) is 39.1 Å². The van der Waals surface area contributed by atoms with E-state index in [1.165, 1.54) is 22.8 Å². The highest BCUT2D eigenvalue weighted by Crippen LogP contribution is 2.54. The third-order valence-corrected chi connectivity index (χ3v) is 8.15. The van der Waals surface area contributed by atoms with E-state index >= 15 is 4.39 Å². The zero-order valence-corrected chi connectivity index (χ0v) is 21.5. The molecule has 190 valence electrons. The van der Waals surface area contributed by atoms with Crippen LogP contribution in [0.4, 0.5) is 8.78 Å². The van der Waals surface area contributed by atoms with Gasteiger partial charge in [-0.05, 0) is 70.1 Å². The summed E-state index contributed by atoms with van der Waals surface area (Å²) in [5.41, 5.74) is 10.9. The van der Waals surface area contributed by atoms with E-state index in [2.05, 4.69) is 77.4 Å². The van der Waals surface area contributed by atoms with Crippen LogP contribution in [0.3, 0.4) is 0 Å². The molecule has 7 aromatic rings. The van der Waals surface area contributed by atoms with Crippen LogP contribution in [0.1, 0.15) is 11.1 Å². The van der Waals surface area contributed by atoms with E-state index in [1.807, 2.05) is 36.4 Å². The molecule has 0 amide bonds. The van der Waals surface area contributed by atoms with Crippen LogP contribution < -0.4 is 0 Å². The topological polar surface area (TPSA) is 4.93 Å². The van der Waals surface area contributed by atoms with Crippen molar-refractivity contribution in [3.63, 3.8) is 0 Å². The molecule has 1 nitrogen and oxygen atoms in total. The highest BCUT2D eigenvalue weighted by molar-refractivity contribution is 6.24. The SMILES string of the molecule is Fc1ccc(-c2c3c(c(-c4ccccc4)c4c5ccccc5n(-c5ccccc5)c24)Cc2ccccc2-3)c(F)c1. The first-order chi connectivity index (χ1) is 19.7. The molecule has 0 unspecified atom stereocenters. The van der Waals surface area contributed by atoms with Crippen molar-refractivity contribution in [1.82, 2.24) is 4.57 Å². The molecular weight excluding hydrogens is 496 g/mol. The summed E-state index contributed by atoms with van der Waals surface area (Å²) in [6, 6.07) is 41.4. The van der Waals surface area contributed by atoms with Crippen molar-refractivity contribution in [2.24, 2.45) is 0 Å². The number of benzene rings is 6. The Morgan fingerprint density at radius 1 is 0.575 bits per heavy atom. The first-order valence-corrected chi connectivity index (χ1v) is 13.5. The van der Waals surface area contributed by atoms with Gasteiger partial charge in [-0.15, -0.1) is 0 Å². The Kier molecular flexibility index (Phi) is 5.02. The third kappa shape index (κ3) is 3.24. The van der Waals surface area contributed by atoms with Crippen molar-refractivity contribution in [3.05, 3.63) is 150 Å². The van der Waals surface area contributed by atoms with Gasteiger partial charge < -0.3 is 4.57 Å². The fourth-order valence-electron chi connectivity index (χ4n) is 6.58. The molecule has 1 aliphatic rings. The van der Waals surface area contributed by atoms with E-state index in [4.69, 9.17) is 0 Å². The van der Waals surface area contributed by atoms with Crippen molar-refractivity contribution < 1.29 is 8.78 Å². The first kappa shape index (κ1) is 22.9. The number of nitrogens with zero attached hydrogens (tertiary/aromatic N) is 1. The van der Waals surface area contributed by atoms with Gasteiger partial charge in [-0.1, -0.05) is 91.0 Å². The Morgan fingerprint density at radius 3 is 2.08 bits per heavy atom. The lowest BCUT2D eigenvalue weighted by Gasteiger charge is -2.20. The van der Waals surface area contributed by atoms with Crippen LogP contribution in [0.15, 0.2) is 127 Å². The molecule has 0 saturated heterocycles. The minimum atomic E-state index is -0.584. The van der Waals surface area contributed by atoms with Gasteiger partial charge in [-0.25, -0.2) is 8.78 Å². The van der Waals surface area contributed by atoms with E-state index in [0.717, 1.165) is 62.2 Å². The van der Waals surface area contributed by atoms with Gasteiger partial charge in [0.2, 0.25) is 0 Å². The molecule has 1 heterocycles. The lowest BCUT2D eigenvalue weighted by atomic mass is 9.85. The minimum absolute atomic E-state index is 0.402. The molecule has 0 atom stereocenters.